The first-order chi connectivity index (χ1) is 10.6. The van der Waals surface area contributed by atoms with E-state index in [0.717, 1.165) is 14.2 Å². The van der Waals surface area contributed by atoms with Gasteiger partial charge in [0.15, 0.2) is 0 Å². The first kappa shape index (κ1) is 17.0. The number of aliphatic hydroxyl groups excluding tert-OH is 1. The smallest absolute Gasteiger partial charge is 0.410 e. The molecule has 0 saturated carbocycles. The zero-order valence-electron chi connectivity index (χ0n) is 12.2. The van der Waals surface area contributed by atoms with Gasteiger partial charge in [-0.15, -0.1) is 11.3 Å². The maximum atomic E-state index is 12.3. The van der Waals surface area contributed by atoms with Crippen LogP contribution in [0.25, 0.3) is 0 Å². The van der Waals surface area contributed by atoms with Gasteiger partial charge in [0.2, 0.25) is 0 Å². The number of hydrogen-bond donors (Lipinski definition) is 1. The van der Waals surface area contributed by atoms with Crippen LogP contribution in [0.1, 0.15) is 23.4 Å². The lowest BCUT2D eigenvalue weighted by Crippen LogP contribution is -2.36. The lowest BCUT2D eigenvalue weighted by atomic mass is 10.2. The maximum Gasteiger partial charge on any atom is 0.410 e. The fourth-order valence-corrected chi connectivity index (χ4v) is 3.55. The highest BCUT2D eigenvalue weighted by Gasteiger charge is 2.23. The van der Waals surface area contributed by atoms with Gasteiger partial charge in [-0.2, -0.15) is 0 Å². The van der Waals surface area contributed by atoms with E-state index in [2.05, 4.69) is 15.9 Å². The molecule has 2 aromatic rings. The van der Waals surface area contributed by atoms with Crippen molar-refractivity contribution in [2.75, 3.05) is 13.2 Å². The molecule has 2 rings (SSSR count). The van der Waals surface area contributed by atoms with Crippen LogP contribution >= 0.6 is 27.3 Å². The second-order valence-electron chi connectivity index (χ2n) is 4.78. The quantitative estimate of drug-likeness (QED) is 0.812. The van der Waals surface area contributed by atoms with E-state index in [9.17, 15) is 9.90 Å². The highest BCUT2D eigenvalue weighted by molar-refractivity contribution is 9.11. The molecule has 1 aromatic heterocycles. The lowest BCUT2D eigenvalue weighted by molar-refractivity contribution is 0.0750. The molecular formula is C16H18BrNO3S. The molecule has 6 heteroatoms. The van der Waals surface area contributed by atoms with Gasteiger partial charge in [0.05, 0.1) is 16.4 Å². The van der Waals surface area contributed by atoms with Crippen molar-refractivity contribution in [1.82, 2.24) is 4.90 Å². The molecule has 0 aliphatic rings. The van der Waals surface area contributed by atoms with E-state index >= 15 is 0 Å². The van der Waals surface area contributed by atoms with Crippen molar-refractivity contribution in [1.29, 1.82) is 0 Å². The Balaban J connectivity index is 2.01. The van der Waals surface area contributed by atoms with E-state index in [1.807, 2.05) is 49.4 Å². The van der Waals surface area contributed by atoms with Crippen molar-refractivity contribution < 1.29 is 14.6 Å². The van der Waals surface area contributed by atoms with Crippen molar-refractivity contribution in [2.24, 2.45) is 0 Å². The van der Waals surface area contributed by atoms with Crippen LogP contribution in [0.5, 0.6) is 0 Å². The van der Waals surface area contributed by atoms with E-state index in [1.54, 1.807) is 16.2 Å². The van der Waals surface area contributed by atoms with Crippen LogP contribution in [-0.2, 0) is 11.3 Å². The number of aliphatic hydroxyl groups is 1. The van der Waals surface area contributed by atoms with Crippen LogP contribution in [0.15, 0.2) is 46.3 Å². The second kappa shape index (κ2) is 8.31. The zero-order chi connectivity index (χ0) is 15.9. The minimum absolute atomic E-state index is 0.0999. The molecule has 1 unspecified atom stereocenters. The Morgan fingerprint density at radius 1 is 1.32 bits per heavy atom. The largest absolute Gasteiger partial charge is 0.445 e. The molecule has 0 saturated heterocycles. The topological polar surface area (TPSA) is 49.8 Å². The van der Waals surface area contributed by atoms with Crippen LogP contribution < -0.4 is 0 Å². The van der Waals surface area contributed by atoms with Gasteiger partial charge in [-0.05, 0) is 40.5 Å². The van der Waals surface area contributed by atoms with Gasteiger partial charge in [-0.3, -0.25) is 4.90 Å². The predicted octanol–water partition coefficient (Wildman–Crippen LogP) is 4.20. The van der Waals surface area contributed by atoms with Crippen LogP contribution in [-0.4, -0.2) is 29.3 Å². The molecule has 0 aliphatic carbocycles. The average molecular weight is 384 g/mol. The normalized spacial score (nSPS) is 12.0. The monoisotopic (exact) mass is 383 g/mol. The number of thiophene rings is 1. The molecule has 1 amide bonds. The van der Waals surface area contributed by atoms with E-state index in [0.29, 0.717) is 0 Å². The van der Waals surface area contributed by atoms with Crippen molar-refractivity contribution in [3.63, 3.8) is 0 Å². The summed E-state index contributed by atoms with van der Waals surface area (Å²) < 4.78 is 6.37. The summed E-state index contributed by atoms with van der Waals surface area (Å²) in [4.78, 5) is 14.9. The van der Waals surface area contributed by atoms with Crippen LogP contribution in [0.2, 0.25) is 0 Å². The summed E-state index contributed by atoms with van der Waals surface area (Å²) in [5.41, 5.74) is 0.936. The molecule has 1 atom stereocenters. The fraction of sp³-hybridized carbons (Fsp3) is 0.312. The molecular weight excluding hydrogens is 366 g/mol. The summed E-state index contributed by atoms with van der Waals surface area (Å²) in [7, 11) is 0. The molecule has 0 fully saturated rings. The van der Waals surface area contributed by atoms with Gasteiger partial charge in [-0.1, -0.05) is 30.3 Å². The fourth-order valence-electron chi connectivity index (χ4n) is 2.06. The summed E-state index contributed by atoms with van der Waals surface area (Å²) in [6.45, 7) is 2.29. The van der Waals surface area contributed by atoms with Gasteiger partial charge in [0.25, 0.3) is 0 Å². The zero-order valence-corrected chi connectivity index (χ0v) is 14.6. The number of carbonyl (C=O) groups is 1. The first-order valence-corrected chi connectivity index (χ1v) is 8.56. The number of carbonyl (C=O) groups excluding carboxylic acids is 1. The molecule has 1 N–H and O–H groups in total. The highest BCUT2D eigenvalue weighted by Crippen LogP contribution is 2.30. The summed E-state index contributed by atoms with van der Waals surface area (Å²) in [5, 5.41) is 9.22. The number of hydrogen-bond acceptors (Lipinski definition) is 4. The Bertz CT molecular complexity index is 602. The van der Waals surface area contributed by atoms with Gasteiger partial charge in [0.1, 0.15) is 6.61 Å². The van der Waals surface area contributed by atoms with Gasteiger partial charge in [-0.25, -0.2) is 4.79 Å². The minimum atomic E-state index is -0.421. The standard InChI is InChI=1S/C16H18BrNO3S/c1-12(14-7-8-15(17)22-14)18(9-10-19)16(20)21-11-13-5-3-2-4-6-13/h2-8,12,19H,9-11H2,1H3. The molecule has 22 heavy (non-hydrogen) atoms. The molecule has 1 aromatic carbocycles. The van der Waals surface area contributed by atoms with E-state index in [-0.39, 0.29) is 25.8 Å². The number of benzene rings is 1. The number of rotatable bonds is 6. The van der Waals surface area contributed by atoms with Crippen molar-refractivity contribution in [3.8, 4) is 0 Å². The molecule has 1 heterocycles. The Kier molecular flexibility index (Phi) is 6.42. The summed E-state index contributed by atoms with van der Waals surface area (Å²) >= 11 is 4.99. The summed E-state index contributed by atoms with van der Waals surface area (Å²) in [5.74, 6) is 0. The third-order valence-electron chi connectivity index (χ3n) is 3.25. The lowest BCUT2D eigenvalue weighted by Gasteiger charge is -2.27. The Morgan fingerprint density at radius 2 is 2.05 bits per heavy atom. The van der Waals surface area contributed by atoms with Crippen LogP contribution in [0.4, 0.5) is 4.79 Å². The second-order valence-corrected chi connectivity index (χ2v) is 7.27. The third-order valence-corrected chi connectivity index (χ3v) is 5.05. The Labute approximate surface area is 142 Å². The van der Waals surface area contributed by atoms with Crippen molar-refractivity contribution in [3.05, 3.63) is 56.7 Å². The average Bonchev–Trinajstić information content (AvgIpc) is 2.97. The van der Waals surface area contributed by atoms with Crippen molar-refractivity contribution in [2.45, 2.75) is 19.6 Å². The van der Waals surface area contributed by atoms with Crippen LogP contribution in [0, 0.1) is 0 Å². The molecule has 0 spiro atoms. The minimum Gasteiger partial charge on any atom is -0.445 e. The number of nitrogens with zero attached hydrogens (tertiary/aromatic N) is 1. The molecule has 4 nitrogen and oxygen atoms in total. The third kappa shape index (κ3) is 4.56. The van der Waals surface area contributed by atoms with Crippen LogP contribution in [0.3, 0.4) is 0 Å². The van der Waals surface area contributed by atoms with E-state index < -0.39 is 6.09 Å². The van der Waals surface area contributed by atoms with E-state index in [4.69, 9.17) is 4.74 Å². The molecule has 118 valence electrons. The number of ether oxygens (including phenoxy) is 1. The first-order valence-electron chi connectivity index (χ1n) is 6.95. The SMILES string of the molecule is CC(c1ccc(Br)s1)N(CCO)C(=O)OCc1ccccc1. The summed E-state index contributed by atoms with van der Waals surface area (Å²) in [6, 6.07) is 13.3. The Morgan fingerprint density at radius 3 is 2.64 bits per heavy atom. The van der Waals surface area contributed by atoms with E-state index in [1.165, 1.54) is 0 Å². The summed E-state index contributed by atoms with van der Waals surface area (Å²) in [6.07, 6.45) is -0.421. The van der Waals surface area contributed by atoms with Crippen molar-refractivity contribution >= 4 is 33.4 Å². The highest BCUT2D eigenvalue weighted by atomic mass is 79.9. The van der Waals surface area contributed by atoms with Gasteiger partial charge >= 0.3 is 6.09 Å². The molecule has 0 aliphatic heterocycles. The molecule has 0 bridgehead atoms. The Hall–Kier alpha value is -1.37. The predicted molar refractivity (Wildman–Crippen MR) is 90.9 cm³/mol. The van der Waals surface area contributed by atoms with Gasteiger partial charge in [0, 0.05) is 11.4 Å². The number of halogens is 1. The van der Waals surface area contributed by atoms with Gasteiger partial charge < -0.3 is 9.84 Å². The maximum absolute atomic E-state index is 12.3. The molecule has 0 radical (unpaired) electrons. The number of amides is 1.